The van der Waals surface area contributed by atoms with Crippen molar-refractivity contribution in [3.05, 3.63) is 59.0 Å². The molecule has 150 valence electrons. The Morgan fingerprint density at radius 2 is 1.03 bits per heavy atom. The van der Waals surface area contributed by atoms with E-state index in [1.807, 2.05) is 6.07 Å². The topological polar surface area (TPSA) is 103 Å². The first-order valence-corrected chi connectivity index (χ1v) is 8.83. The number of esters is 3. The summed E-state index contributed by atoms with van der Waals surface area (Å²) in [7, 11) is 3.53. The van der Waals surface area contributed by atoms with Crippen LogP contribution in [0.3, 0.4) is 0 Å². The fourth-order valence-electron chi connectivity index (χ4n) is 3.46. The Kier molecular flexibility index (Phi) is 5.79. The van der Waals surface area contributed by atoms with Crippen molar-refractivity contribution < 1.29 is 28.6 Å². The average Bonchev–Trinajstić information content (AvgIpc) is 2.79. The first-order chi connectivity index (χ1) is 14.5. The lowest BCUT2D eigenvalue weighted by Crippen LogP contribution is -2.27. The third-order valence-corrected chi connectivity index (χ3v) is 4.71. The van der Waals surface area contributed by atoms with Crippen LogP contribution in [0, 0.1) is 11.3 Å². The Morgan fingerprint density at radius 3 is 1.37 bits per heavy atom. The summed E-state index contributed by atoms with van der Waals surface area (Å²) in [6.07, 6.45) is 0. The van der Waals surface area contributed by atoms with Crippen molar-refractivity contribution in [2.24, 2.45) is 0 Å². The van der Waals surface area contributed by atoms with Gasteiger partial charge in [-0.3, -0.25) is 0 Å². The van der Waals surface area contributed by atoms with Crippen LogP contribution in [-0.4, -0.2) is 39.2 Å². The van der Waals surface area contributed by atoms with Gasteiger partial charge in [0, 0.05) is 10.4 Å². The number of carbonyl (C=O) groups excluding carboxylic acids is 3. The second-order valence-corrected chi connectivity index (χ2v) is 6.18. The highest BCUT2D eigenvalue weighted by Gasteiger charge is 2.24. The van der Waals surface area contributed by atoms with E-state index in [4.69, 9.17) is 14.2 Å². The van der Waals surface area contributed by atoms with Crippen LogP contribution in [0.1, 0.15) is 0 Å². The lowest BCUT2D eigenvalue weighted by Gasteiger charge is -2.11. The quantitative estimate of drug-likeness (QED) is 0.281. The van der Waals surface area contributed by atoms with Crippen molar-refractivity contribution in [1.82, 2.24) is 0 Å². The molecule has 3 rings (SSSR count). The Morgan fingerprint density at radius 1 is 0.667 bits per heavy atom. The van der Waals surface area contributed by atoms with Crippen LogP contribution < -0.4 is 10.4 Å². The summed E-state index contributed by atoms with van der Waals surface area (Å²) in [6, 6.07) is 15.6. The molecule has 30 heavy (non-hydrogen) atoms. The van der Waals surface area contributed by atoms with Crippen molar-refractivity contribution >= 4 is 50.6 Å². The third kappa shape index (κ3) is 3.25. The number of hydrogen-bond donors (Lipinski definition) is 0. The van der Waals surface area contributed by atoms with E-state index in [2.05, 4.69) is 0 Å². The van der Waals surface area contributed by atoms with Gasteiger partial charge >= 0.3 is 17.9 Å². The van der Waals surface area contributed by atoms with E-state index in [9.17, 15) is 19.6 Å². The van der Waals surface area contributed by atoms with Gasteiger partial charge < -0.3 is 14.2 Å². The zero-order valence-corrected chi connectivity index (χ0v) is 16.5. The molecule has 3 aromatic rings. The van der Waals surface area contributed by atoms with Gasteiger partial charge in [0.1, 0.15) is 11.6 Å². The molecule has 0 radical (unpaired) electrons. The van der Waals surface area contributed by atoms with E-state index in [1.165, 1.54) is 21.3 Å². The molecule has 0 N–H and O–H groups in total. The van der Waals surface area contributed by atoms with Crippen molar-refractivity contribution in [3.8, 4) is 6.07 Å². The maximum atomic E-state index is 12.5. The summed E-state index contributed by atoms with van der Waals surface area (Å²) in [5, 5.41) is 12.3. The van der Waals surface area contributed by atoms with Gasteiger partial charge in [-0.25, -0.2) is 14.4 Å². The predicted octanol–water partition coefficient (Wildman–Crippen LogP) is 1.34. The van der Waals surface area contributed by atoms with E-state index < -0.39 is 17.9 Å². The van der Waals surface area contributed by atoms with Crippen LogP contribution in [0.5, 0.6) is 0 Å². The zero-order valence-electron chi connectivity index (χ0n) is 16.5. The minimum atomic E-state index is -0.859. The SMILES string of the molecule is COC(=O)C(C#N)=c1c2ccccc2c(=C(C(=O)OC)C(=O)OC)c2ccccc12. The molecule has 0 heterocycles. The van der Waals surface area contributed by atoms with Gasteiger partial charge in [0.15, 0.2) is 5.57 Å². The van der Waals surface area contributed by atoms with Gasteiger partial charge in [-0.2, -0.15) is 5.26 Å². The van der Waals surface area contributed by atoms with Gasteiger partial charge in [0.05, 0.1) is 21.3 Å². The van der Waals surface area contributed by atoms with Crippen LogP contribution in [0.25, 0.3) is 32.7 Å². The summed E-state index contributed by atoms with van der Waals surface area (Å²) in [4.78, 5) is 37.4. The minimum Gasteiger partial charge on any atom is -0.465 e. The number of rotatable bonds is 3. The predicted molar refractivity (Wildman–Crippen MR) is 109 cm³/mol. The molecular weight excluding hydrogens is 386 g/mol. The first-order valence-electron chi connectivity index (χ1n) is 8.83. The number of nitriles is 1. The highest BCUT2D eigenvalue weighted by Crippen LogP contribution is 2.18. The second kappa shape index (κ2) is 8.45. The Labute approximate surface area is 171 Å². The summed E-state index contributed by atoms with van der Waals surface area (Å²) >= 11 is 0. The van der Waals surface area contributed by atoms with Crippen molar-refractivity contribution in [3.63, 3.8) is 0 Å². The molecule has 3 aromatic carbocycles. The Balaban J connectivity index is 2.85. The summed E-state index contributed by atoms with van der Waals surface area (Å²) in [6.45, 7) is 0. The molecule has 0 aliphatic carbocycles. The summed E-state index contributed by atoms with van der Waals surface area (Å²) < 4.78 is 14.5. The van der Waals surface area contributed by atoms with Gasteiger partial charge in [-0.15, -0.1) is 0 Å². The normalized spacial score (nSPS) is 10.2. The largest absolute Gasteiger partial charge is 0.465 e. The minimum absolute atomic E-state index is 0.186. The molecule has 0 spiro atoms. The van der Waals surface area contributed by atoms with Gasteiger partial charge in [0.2, 0.25) is 0 Å². The lowest BCUT2D eigenvalue weighted by atomic mass is 9.93. The smallest absolute Gasteiger partial charge is 0.349 e. The Hall–Kier alpha value is -4.18. The number of benzene rings is 3. The highest BCUT2D eigenvalue weighted by atomic mass is 16.5. The number of carbonyl (C=O) groups is 3. The van der Waals surface area contributed by atoms with Crippen LogP contribution in [-0.2, 0) is 28.6 Å². The molecule has 0 aliphatic rings. The number of nitrogens with zero attached hydrogens (tertiary/aromatic N) is 1. The lowest BCUT2D eigenvalue weighted by molar-refractivity contribution is -0.140. The molecule has 0 saturated carbocycles. The molecule has 0 aliphatic heterocycles. The van der Waals surface area contributed by atoms with Crippen molar-refractivity contribution in [2.75, 3.05) is 21.3 Å². The first kappa shape index (κ1) is 20.6. The third-order valence-electron chi connectivity index (χ3n) is 4.71. The van der Waals surface area contributed by atoms with Gasteiger partial charge in [0.25, 0.3) is 0 Å². The maximum absolute atomic E-state index is 12.5. The summed E-state index contributed by atoms with van der Waals surface area (Å²) in [5.41, 5.74) is -0.468. The molecule has 0 atom stereocenters. The molecule has 0 amide bonds. The molecule has 0 fully saturated rings. The fourth-order valence-corrected chi connectivity index (χ4v) is 3.46. The van der Waals surface area contributed by atoms with Gasteiger partial charge in [-0.05, 0) is 21.5 Å². The monoisotopic (exact) mass is 403 g/mol. The molecular formula is C23H17NO6. The van der Waals surface area contributed by atoms with E-state index in [-0.39, 0.29) is 11.1 Å². The van der Waals surface area contributed by atoms with Crippen molar-refractivity contribution in [1.29, 1.82) is 5.26 Å². The molecule has 0 aromatic heterocycles. The molecule has 0 unspecified atom stereocenters. The van der Waals surface area contributed by atoms with Crippen molar-refractivity contribution in [2.45, 2.75) is 0 Å². The van der Waals surface area contributed by atoms with Crippen LogP contribution in [0.2, 0.25) is 0 Å². The Bertz CT molecular complexity index is 1280. The van der Waals surface area contributed by atoms with Crippen LogP contribution in [0.4, 0.5) is 0 Å². The fraction of sp³-hybridized carbons (Fsp3) is 0.130. The standard InChI is InChI=1S/C23H17NO6/c1-28-21(25)17(12-24)18-13-8-4-6-10-15(13)19(16-11-7-5-9-14(16)18)20(22(26)29-2)23(27)30-3/h4-11H,1-3H3. The van der Waals surface area contributed by atoms with E-state index >= 15 is 0 Å². The van der Waals surface area contributed by atoms with E-state index in [0.717, 1.165) is 0 Å². The van der Waals surface area contributed by atoms with Gasteiger partial charge in [-0.1, -0.05) is 48.5 Å². The molecule has 0 bridgehead atoms. The second-order valence-electron chi connectivity index (χ2n) is 6.18. The maximum Gasteiger partial charge on any atom is 0.349 e. The zero-order chi connectivity index (χ0) is 21.8. The molecule has 0 saturated heterocycles. The number of hydrogen-bond acceptors (Lipinski definition) is 7. The molecule has 7 heteroatoms. The van der Waals surface area contributed by atoms with E-state index in [1.54, 1.807) is 48.5 Å². The summed E-state index contributed by atoms with van der Waals surface area (Å²) in [5.74, 6) is -2.50. The molecule has 7 nitrogen and oxygen atoms in total. The highest BCUT2D eigenvalue weighted by molar-refractivity contribution is 6.38. The number of ether oxygens (including phenoxy) is 3. The number of methoxy groups -OCH3 is 3. The van der Waals surface area contributed by atoms with Crippen LogP contribution in [0.15, 0.2) is 48.5 Å². The van der Waals surface area contributed by atoms with Crippen LogP contribution >= 0.6 is 0 Å². The van der Waals surface area contributed by atoms with E-state index in [0.29, 0.717) is 32.0 Å². The number of fused-ring (bicyclic) bond motifs is 2. The average molecular weight is 403 g/mol.